The summed E-state index contributed by atoms with van der Waals surface area (Å²) in [7, 11) is 0. The van der Waals surface area contributed by atoms with E-state index in [0.29, 0.717) is 29.0 Å². The van der Waals surface area contributed by atoms with Crippen LogP contribution in [-0.4, -0.2) is 9.97 Å². The van der Waals surface area contributed by atoms with Gasteiger partial charge < -0.3 is 11.5 Å². The fourth-order valence-electron chi connectivity index (χ4n) is 3.43. The summed E-state index contributed by atoms with van der Waals surface area (Å²) in [4.78, 5) is 8.26. The van der Waals surface area contributed by atoms with Gasteiger partial charge in [-0.05, 0) is 73.4 Å². The molecule has 0 bridgehead atoms. The van der Waals surface area contributed by atoms with Crippen molar-refractivity contribution in [2.24, 2.45) is 0 Å². The molecule has 0 spiro atoms. The van der Waals surface area contributed by atoms with Gasteiger partial charge in [0.25, 0.3) is 0 Å². The van der Waals surface area contributed by atoms with Gasteiger partial charge in [0.05, 0.1) is 16.1 Å². The van der Waals surface area contributed by atoms with E-state index in [1.807, 2.05) is 62.3 Å². The highest BCUT2D eigenvalue weighted by atomic mass is 35.5. The average Bonchev–Trinajstić information content (AvgIpc) is 2.85. The number of nitrogen functional groups attached to an aromatic ring is 2. The third kappa shape index (κ3) is 8.03. The molecule has 0 unspecified atom stereocenters. The van der Waals surface area contributed by atoms with Crippen LogP contribution in [0.25, 0.3) is 21.8 Å². The van der Waals surface area contributed by atoms with Gasteiger partial charge in [-0.1, -0.05) is 60.1 Å². The summed E-state index contributed by atoms with van der Waals surface area (Å²) in [5, 5.41) is 1.63. The summed E-state index contributed by atoms with van der Waals surface area (Å²) >= 11 is 5.83. The Morgan fingerprint density at radius 2 is 1.11 bits per heavy atom. The summed E-state index contributed by atoms with van der Waals surface area (Å²) in [6, 6.07) is 9.44. The Kier molecular flexibility index (Phi) is 14.5. The number of benzene rings is 2. The van der Waals surface area contributed by atoms with E-state index in [1.165, 1.54) is 12.1 Å². The van der Waals surface area contributed by atoms with Crippen LogP contribution in [-0.2, 0) is 6.42 Å². The van der Waals surface area contributed by atoms with Crippen LogP contribution < -0.4 is 11.5 Å². The number of fused-ring (bicyclic) bond motifs is 2. The Labute approximate surface area is 213 Å². The number of hydrogen-bond donors (Lipinski definition) is 2. The molecule has 2 aromatic carbocycles. The van der Waals surface area contributed by atoms with Gasteiger partial charge in [-0.2, -0.15) is 0 Å². The van der Waals surface area contributed by atoms with Crippen LogP contribution in [0.2, 0.25) is 5.02 Å². The number of rotatable bonds is 1. The van der Waals surface area contributed by atoms with Gasteiger partial charge in [-0.3, -0.25) is 0 Å². The zero-order valence-corrected chi connectivity index (χ0v) is 23.1. The van der Waals surface area contributed by atoms with Crippen LogP contribution in [0.3, 0.4) is 0 Å². The number of nitrogens with zero attached hydrogens (tertiary/aromatic N) is 2. The van der Waals surface area contributed by atoms with Crippen LogP contribution in [0, 0.1) is 25.5 Å². The van der Waals surface area contributed by atoms with Gasteiger partial charge in [-0.15, -0.1) is 0 Å². The minimum Gasteiger partial charge on any atom is -0.384 e. The lowest BCUT2D eigenvalue weighted by Gasteiger charge is -2.09. The van der Waals surface area contributed by atoms with Gasteiger partial charge in [0.2, 0.25) is 0 Å². The van der Waals surface area contributed by atoms with E-state index in [1.54, 1.807) is 24.3 Å². The summed E-state index contributed by atoms with van der Waals surface area (Å²) in [6.07, 6.45) is 0.662. The van der Waals surface area contributed by atoms with Crippen LogP contribution in [0.15, 0.2) is 36.4 Å². The lowest BCUT2D eigenvalue weighted by atomic mass is 10.0. The zero-order chi connectivity index (χ0) is 27.3. The Bertz CT molecular complexity index is 1230. The molecule has 2 aromatic heterocycles. The van der Waals surface area contributed by atoms with Crippen molar-refractivity contribution in [1.82, 2.24) is 9.97 Å². The molecule has 192 valence electrons. The highest BCUT2D eigenvalue weighted by Crippen LogP contribution is 2.29. The Hall–Kier alpha value is -2.99. The molecule has 4 nitrogen and oxygen atoms in total. The molecule has 4 aromatic rings. The van der Waals surface area contributed by atoms with E-state index in [-0.39, 0.29) is 10.8 Å². The van der Waals surface area contributed by atoms with Crippen LogP contribution >= 0.6 is 11.6 Å². The molecule has 0 saturated heterocycles. The number of pyridine rings is 2. The minimum atomic E-state index is -0.436. The number of anilines is 2. The van der Waals surface area contributed by atoms with Gasteiger partial charge in [0.1, 0.15) is 23.3 Å². The van der Waals surface area contributed by atoms with Crippen molar-refractivity contribution in [3.05, 3.63) is 69.7 Å². The van der Waals surface area contributed by atoms with E-state index in [9.17, 15) is 8.78 Å². The minimum absolute atomic E-state index is 0.104. The molecule has 2 heterocycles. The molecule has 0 amide bonds. The van der Waals surface area contributed by atoms with E-state index in [0.717, 1.165) is 27.6 Å². The lowest BCUT2D eigenvalue weighted by Crippen LogP contribution is -1.97. The van der Waals surface area contributed by atoms with Gasteiger partial charge in [-0.25, -0.2) is 18.7 Å². The highest BCUT2D eigenvalue weighted by Gasteiger charge is 2.10. The molecule has 0 saturated carbocycles. The van der Waals surface area contributed by atoms with E-state index < -0.39 is 5.82 Å². The van der Waals surface area contributed by atoms with Crippen molar-refractivity contribution in [1.29, 1.82) is 0 Å². The highest BCUT2D eigenvalue weighted by molar-refractivity contribution is 6.35. The summed E-state index contributed by atoms with van der Waals surface area (Å²) in [5.41, 5.74) is 15.1. The smallest absolute Gasteiger partial charge is 0.142 e. The predicted molar refractivity (Wildman–Crippen MR) is 150 cm³/mol. The van der Waals surface area contributed by atoms with Crippen molar-refractivity contribution in [3.63, 3.8) is 0 Å². The molecule has 0 aliphatic rings. The zero-order valence-electron chi connectivity index (χ0n) is 22.4. The van der Waals surface area contributed by atoms with E-state index in [2.05, 4.69) is 9.97 Å². The summed E-state index contributed by atoms with van der Waals surface area (Å²) in [5.74, 6) is 0.292. The van der Waals surface area contributed by atoms with Crippen molar-refractivity contribution >= 4 is 45.0 Å². The molecule has 7 heteroatoms. The molecule has 0 radical (unpaired) electrons. The monoisotopic (exact) mass is 504 g/mol. The molecule has 0 fully saturated rings. The molecule has 0 aliphatic carbocycles. The second kappa shape index (κ2) is 15.8. The number of halogens is 3. The average molecular weight is 505 g/mol. The summed E-state index contributed by atoms with van der Waals surface area (Å²) < 4.78 is 26.7. The van der Waals surface area contributed by atoms with E-state index in [4.69, 9.17) is 23.1 Å². The molecule has 4 N–H and O–H groups in total. The molecular formula is C28H39ClF2N4. The van der Waals surface area contributed by atoms with Crippen LogP contribution in [0.4, 0.5) is 20.4 Å². The Morgan fingerprint density at radius 1 is 0.714 bits per heavy atom. The maximum atomic E-state index is 13.5. The topological polar surface area (TPSA) is 77.8 Å². The number of nitrogens with two attached hydrogens (primary N) is 2. The third-order valence-corrected chi connectivity index (χ3v) is 5.05. The molecular weight excluding hydrogens is 466 g/mol. The lowest BCUT2D eigenvalue weighted by molar-refractivity contribution is 0.615. The predicted octanol–water partition coefficient (Wildman–Crippen LogP) is 8.82. The first-order valence-corrected chi connectivity index (χ1v) is 12.5. The first-order valence-electron chi connectivity index (χ1n) is 12.1. The van der Waals surface area contributed by atoms with E-state index >= 15 is 0 Å². The largest absolute Gasteiger partial charge is 0.384 e. The number of aryl methyl sites for hydroxylation is 3. The Morgan fingerprint density at radius 3 is 1.57 bits per heavy atom. The first-order chi connectivity index (χ1) is 16.7. The van der Waals surface area contributed by atoms with Crippen LogP contribution in [0.5, 0.6) is 0 Å². The summed E-state index contributed by atoms with van der Waals surface area (Å²) in [6.45, 7) is 17.7. The molecule has 0 atom stereocenters. The van der Waals surface area contributed by atoms with Crippen molar-refractivity contribution in [3.8, 4) is 0 Å². The maximum Gasteiger partial charge on any atom is 0.142 e. The third-order valence-electron chi connectivity index (χ3n) is 4.68. The van der Waals surface area contributed by atoms with Gasteiger partial charge >= 0.3 is 0 Å². The van der Waals surface area contributed by atoms with Crippen molar-refractivity contribution in [2.75, 3.05) is 11.5 Å². The fraction of sp³-hybridized carbons (Fsp3) is 0.357. The molecule has 0 aliphatic heterocycles. The maximum absolute atomic E-state index is 13.5. The normalized spacial score (nSPS) is 9.49. The quantitative estimate of drug-likeness (QED) is 0.271. The van der Waals surface area contributed by atoms with Gasteiger partial charge in [0.15, 0.2) is 0 Å². The fourth-order valence-corrected chi connectivity index (χ4v) is 3.74. The standard InChI is InChI=1S/C12H13FN2.C10H8ClFN2.3C2H6/c1-3-8-9(13)4-5-10-12(8)7(2)6-11(14)15-10;1-5-4-8(13)14-7-3-2-6(12)10(11)9(5)7;3*1-2/h4-6H,3H2,1-2H3,(H2,14,15);2-4H,1H3,(H2,13,14);3*1-2H3. The number of aromatic nitrogens is 2. The van der Waals surface area contributed by atoms with Gasteiger partial charge in [0, 0.05) is 10.8 Å². The number of hydrogen-bond acceptors (Lipinski definition) is 4. The second-order valence-electron chi connectivity index (χ2n) is 6.76. The Balaban J connectivity index is 0.000000546. The SMILES string of the molecule is CC.CC.CC.CCc1c(F)ccc2nc(N)cc(C)c12.Cc1cc(N)nc2ccc(F)c(Cl)c12. The van der Waals surface area contributed by atoms with Crippen molar-refractivity contribution < 1.29 is 8.78 Å². The first kappa shape index (κ1) is 32.0. The molecule has 4 rings (SSSR count). The van der Waals surface area contributed by atoms with Crippen LogP contribution in [0.1, 0.15) is 65.2 Å². The second-order valence-corrected chi connectivity index (χ2v) is 7.14. The molecule has 35 heavy (non-hydrogen) atoms. The van der Waals surface area contributed by atoms with Crippen molar-refractivity contribution in [2.45, 2.75) is 68.7 Å².